The molecule has 4 nitrogen and oxygen atoms in total. The number of nitrogens with two attached hydrogens (primary N) is 1. The van der Waals surface area contributed by atoms with Gasteiger partial charge in [0.2, 0.25) is 0 Å². The second kappa shape index (κ2) is 6.40. The van der Waals surface area contributed by atoms with E-state index in [0.29, 0.717) is 23.8 Å². The van der Waals surface area contributed by atoms with Crippen LogP contribution in [0.1, 0.15) is 31.1 Å². The van der Waals surface area contributed by atoms with Crippen molar-refractivity contribution in [2.24, 2.45) is 5.92 Å². The molecule has 0 heterocycles. The molecule has 0 saturated carbocycles. The van der Waals surface area contributed by atoms with Gasteiger partial charge in [-0.25, -0.2) is 0 Å². The Bertz CT molecular complexity index is 416. The van der Waals surface area contributed by atoms with E-state index in [-0.39, 0.29) is 11.8 Å². The molecule has 3 N–H and O–H groups in total. The molecule has 1 aromatic rings. The molecule has 0 saturated heterocycles. The molecular formula is C14H22N2O2. The minimum atomic E-state index is -0.0173. The summed E-state index contributed by atoms with van der Waals surface area (Å²) in [5.41, 5.74) is 7.84. The summed E-state index contributed by atoms with van der Waals surface area (Å²) in [4.78, 5) is 11.3. The summed E-state index contributed by atoms with van der Waals surface area (Å²) in [6.07, 6.45) is 0. The average Bonchev–Trinajstić information content (AvgIpc) is 2.27. The maximum Gasteiger partial charge on any atom is 0.161 e. The number of anilines is 2. The number of Topliss-reactive ketones (excluding diaryl/α,β-unsaturated/α-hetero) is 1. The SMILES string of the molecule is COCC(Nc1ccc(C(C)=O)c(N)c1)C(C)C. The van der Waals surface area contributed by atoms with E-state index in [2.05, 4.69) is 19.2 Å². The normalized spacial score (nSPS) is 12.5. The van der Waals surface area contributed by atoms with Gasteiger partial charge in [-0.15, -0.1) is 0 Å². The van der Waals surface area contributed by atoms with Crippen molar-refractivity contribution in [2.45, 2.75) is 26.8 Å². The highest BCUT2D eigenvalue weighted by Crippen LogP contribution is 2.20. The van der Waals surface area contributed by atoms with Crippen LogP contribution in [0.2, 0.25) is 0 Å². The van der Waals surface area contributed by atoms with E-state index >= 15 is 0 Å². The molecule has 0 bridgehead atoms. The Morgan fingerprint density at radius 1 is 1.44 bits per heavy atom. The molecule has 0 amide bonds. The number of carbonyl (C=O) groups is 1. The van der Waals surface area contributed by atoms with Crippen LogP contribution in [0, 0.1) is 5.92 Å². The Balaban J connectivity index is 2.84. The molecule has 1 rings (SSSR count). The number of carbonyl (C=O) groups excluding carboxylic acids is 1. The summed E-state index contributed by atoms with van der Waals surface area (Å²) in [5.74, 6) is 0.426. The molecule has 0 aliphatic carbocycles. The monoisotopic (exact) mass is 250 g/mol. The van der Waals surface area contributed by atoms with Crippen LogP contribution in [0.25, 0.3) is 0 Å². The van der Waals surface area contributed by atoms with E-state index in [4.69, 9.17) is 10.5 Å². The van der Waals surface area contributed by atoms with Crippen molar-refractivity contribution in [2.75, 3.05) is 24.8 Å². The minimum Gasteiger partial charge on any atom is -0.398 e. The summed E-state index contributed by atoms with van der Waals surface area (Å²) >= 11 is 0. The fraction of sp³-hybridized carbons (Fsp3) is 0.500. The Hall–Kier alpha value is -1.55. The smallest absolute Gasteiger partial charge is 0.161 e. The maximum absolute atomic E-state index is 11.3. The number of benzene rings is 1. The van der Waals surface area contributed by atoms with E-state index in [9.17, 15) is 4.79 Å². The number of rotatable bonds is 6. The van der Waals surface area contributed by atoms with Crippen molar-refractivity contribution in [1.82, 2.24) is 0 Å². The summed E-state index contributed by atoms with van der Waals surface area (Å²) < 4.78 is 5.18. The highest BCUT2D eigenvalue weighted by Gasteiger charge is 2.13. The molecule has 1 aromatic carbocycles. The maximum atomic E-state index is 11.3. The van der Waals surface area contributed by atoms with Gasteiger partial charge in [0.1, 0.15) is 0 Å². The molecule has 0 aliphatic rings. The van der Waals surface area contributed by atoms with Crippen LogP contribution in [0.5, 0.6) is 0 Å². The zero-order chi connectivity index (χ0) is 13.7. The minimum absolute atomic E-state index is 0.0173. The van der Waals surface area contributed by atoms with Crippen molar-refractivity contribution < 1.29 is 9.53 Å². The lowest BCUT2D eigenvalue weighted by molar-refractivity contribution is 0.101. The van der Waals surface area contributed by atoms with Crippen LogP contribution in [0.3, 0.4) is 0 Å². The number of ether oxygens (including phenoxy) is 1. The van der Waals surface area contributed by atoms with Gasteiger partial charge < -0.3 is 15.8 Å². The molecule has 1 unspecified atom stereocenters. The summed E-state index contributed by atoms with van der Waals surface area (Å²) in [6, 6.07) is 5.64. The quantitative estimate of drug-likeness (QED) is 0.601. The molecule has 0 radical (unpaired) electrons. The highest BCUT2D eigenvalue weighted by molar-refractivity contribution is 5.99. The van der Waals surface area contributed by atoms with E-state index < -0.39 is 0 Å². The lowest BCUT2D eigenvalue weighted by Gasteiger charge is -2.23. The average molecular weight is 250 g/mol. The zero-order valence-electron chi connectivity index (χ0n) is 11.5. The first kappa shape index (κ1) is 14.5. The molecule has 100 valence electrons. The van der Waals surface area contributed by atoms with E-state index in [1.54, 1.807) is 19.2 Å². The molecule has 0 spiro atoms. The van der Waals surface area contributed by atoms with Gasteiger partial charge in [0.25, 0.3) is 0 Å². The largest absolute Gasteiger partial charge is 0.398 e. The number of hydrogen-bond acceptors (Lipinski definition) is 4. The van der Waals surface area contributed by atoms with Gasteiger partial charge in [0.15, 0.2) is 5.78 Å². The first-order valence-electron chi connectivity index (χ1n) is 6.11. The second-order valence-corrected chi connectivity index (χ2v) is 4.81. The second-order valence-electron chi connectivity index (χ2n) is 4.81. The van der Waals surface area contributed by atoms with Crippen molar-refractivity contribution in [3.8, 4) is 0 Å². The lowest BCUT2D eigenvalue weighted by atomic mass is 10.0. The van der Waals surface area contributed by atoms with Gasteiger partial charge in [-0.05, 0) is 31.0 Å². The van der Waals surface area contributed by atoms with Gasteiger partial charge in [-0.2, -0.15) is 0 Å². The predicted octanol–water partition coefficient (Wildman–Crippen LogP) is 2.55. The summed E-state index contributed by atoms with van der Waals surface area (Å²) in [7, 11) is 1.68. The van der Waals surface area contributed by atoms with Crippen LogP contribution < -0.4 is 11.1 Å². The van der Waals surface area contributed by atoms with Gasteiger partial charge in [0, 0.05) is 24.0 Å². The van der Waals surface area contributed by atoms with Gasteiger partial charge in [0.05, 0.1) is 12.6 Å². The Labute approximate surface area is 109 Å². The van der Waals surface area contributed by atoms with Crippen molar-refractivity contribution >= 4 is 17.2 Å². The molecule has 0 aliphatic heterocycles. The van der Waals surface area contributed by atoms with Crippen molar-refractivity contribution in [3.05, 3.63) is 23.8 Å². The van der Waals surface area contributed by atoms with Crippen LogP contribution in [-0.2, 0) is 4.74 Å². The van der Waals surface area contributed by atoms with Crippen LogP contribution >= 0.6 is 0 Å². The molecule has 4 heteroatoms. The summed E-state index contributed by atoms with van der Waals surface area (Å²) in [5, 5.41) is 3.37. The van der Waals surface area contributed by atoms with Gasteiger partial charge >= 0.3 is 0 Å². The summed E-state index contributed by atoms with van der Waals surface area (Å²) in [6.45, 7) is 6.40. The van der Waals surface area contributed by atoms with Crippen LogP contribution in [0.15, 0.2) is 18.2 Å². The van der Waals surface area contributed by atoms with Crippen LogP contribution in [0.4, 0.5) is 11.4 Å². The highest BCUT2D eigenvalue weighted by atomic mass is 16.5. The molecular weight excluding hydrogens is 228 g/mol. The number of nitrogen functional groups attached to an aromatic ring is 1. The Morgan fingerprint density at radius 3 is 2.56 bits per heavy atom. The third-order valence-corrected chi connectivity index (χ3v) is 2.93. The lowest BCUT2D eigenvalue weighted by Crippen LogP contribution is -2.30. The number of nitrogens with one attached hydrogen (secondary N) is 1. The number of hydrogen-bond donors (Lipinski definition) is 2. The fourth-order valence-electron chi connectivity index (χ4n) is 1.77. The topological polar surface area (TPSA) is 64.3 Å². The number of methoxy groups -OCH3 is 1. The first-order valence-corrected chi connectivity index (χ1v) is 6.11. The van der Waals surface area contributed by atoms with Crippen molar-refractivity contribution in [1.29, 1.82) is 0 Å². The standard InChI is InChI=1S/C14H22N2O2/c1-9(2)14(8-18-4)16-11-5-6-12(10(3)17)13(15)7-11/h5-7,9,14,16H,8,15H2,1-4H3. The van der Waals surface area contributed by atoms with Gasteiger partial charge in [-0.3, -0.25) is 4.79 Å². The zero-order valence-corrected chi connectivity index (χ0v) is 11.5. The van der Waals surface area contributed by atoms with E-state index in [0.717, 1.165) is 5.69 Å². The Kier molecular flexibility index (Phi) is 5.16. The van der Waals surface area contributed by atoms with E-state index in [1.165, 1.54) is 6.92 Å². The first-order chi connectivity index (χ1) is 8.45. The molecule has 0 fully saturated rings. The predicted molar refractivity (Wildman–Crippen MR) is 75.0 cm³/mol. The number of ketones is 1. The van der Waals surface area contributed by atoms with Crippen LogP contribution in [-0.4, -0.2) is 25.5 Å². The van der Waals surface area contributed by atoms with Gasteiger partial charge in [-0.1, -0.05) is 13.8 Å². The Morgan fingerprint density at radius 2 is 2.11 bits per heavy atom. The van der Waals surface area contributed by atoms with Crippen molar-refractivity contribution in [3.63, 3.8) is 0 Å². The molecule has 1 atom stereocenters. The van der Waals surface area contributed by atoms with E-state index in [1.807, 2.05) is 6.07 Å². The molecule has 18 heavy (non-hydrogen) atoms. The molecule has 0 aromatic heterocycles. The third-order valence-electron chi connectivity index (χ3n) is 2.93. The third kappa shape index (κ3) is 3.74. The fourth-order valence-corrected chi connectivity index (χ4v) is 1.77.